The summed E-state index contributed by atoms with van der Waals surface area (Å²) in [7, 11) is 2.17. The summed E-state index contributed by atoms with van der Waals surface area (Å²) >= 11 is 1.76. The Labute approximate surface area is 144 Å². The van der Waals surface area contributed by atoms with Gasteiger partial charge in [-0.2, -0.15) is 0 Å². The van der Waals surface area contributed by atoms with Crippen LogP contribution in [0.1, 0.15) is 27.7 Å². The smallest absolute Gasteiger partial charge is 0.165 e. The first kappa shape index (κ1) is 14.3. The summed E-state index contributed by atoms with van der Waals surface area (Å²) in [6.45, 7) is 3.08. The van der Waals surface area contributed by atoms with Gasteiger partial charge in [-0.15, -0.1) is 11.3 Å². The summed E-state index contributed by atoms with van der Waals surface area (Å²) in [5.41, 5.74) is 6.61. The molecule has 2 heterocycles. The lowest BCUT2D eigenvalue weighted by Gasteiger charge is -2.40. The first-order valence-electron chi connectivity index (χ1n) is 8.22. The number of phenolic OH excluding ortho intramolecular Hbond substituents is 2. The van der Waals surface area contributed by atoms with Gasteiger partial charge in [-0.25, -0.2) is 4.98 Å². The number of fused-ring (bicyclic) bond motifs is 4. The Morgan fingerprint density at radius 2 is 2.12 bits per heavy atom. The van der Waals surface area contributed by atoms with Gasteiger partial charge in [-0.1, -0.05) is 6.07 Å². The van der Waals surface area contributed by atoms with Crippen LogP contribution < -0.4 is 0 Å². The number of phenols is 2. The van der Waals surface area contributed by atoms with Gasteiger partial charge in [-0.3, -0.25) is 4.90 Å². The first-order chi connectivity index (χ1) is 11.5. The largest absolute Gasteiger partial charge is 0.504 e. The molecule has 2 aliphatic rings. The van der Waals surface area contributed by atoms with Crippen molar-refractivity contribution in [3.63, 3.8) is 0 Å². The van der Waals surface area contributed by atoms with Gasteiger partial charge in [0.1, 0.15) is 0 Å². The van der Waals surface area contributed by atoms with Crippen molar-refractivity contribution in [3.05, 3.63) is 39.9 Å². The molecule has 0 saturated carbocycles. The average molecular weight is 338 g/mol. The van der Waals surface area contributed by atoms with E-state index in [1.54, 1.807) is 17.4 Å². The normalized spacial score (nSPS) is 19.3. The van der Waals surface area contributed by atoms with E-state index < -0.39 is 0 Å². The fourth-order valence-corrected chi connectivity index (χ4v) is 5.30. The summed E-state index contributed by atoms with van der Waals surface area (Å²) < 4.78 is 1.28. The van der Waals surface area contributed by atoms with Crippen molar-refractivity contribution in [2.75, 3.05) is 13.6 Å². The Balaban J connectivity index is 1.94. The molecule has 2 aromatic carbocycles. The third-order valence-electron chi connectivity index (χ3n) is 5.44. The monoisotopic (exact) mass is 338 g/mol. The van der Waals surface area contributed by atoms with Crippen LogP contribution in [0.15, 0.2) is 18.2 Å². The van der Waals surface area contributed by atoms with E-state index in [0.717, 1.165) is 46.6 Å². The first-order valence-corrected chi connectivity index (χ1v) is 9.03. The van der Waals surface area contributed by atoms with Gasteiger partial charge in [0.2, 0.25) is 0 Å². The molecule has 3 aromatic rings. The molecule has 0 fully saturated rings. The molecule has 0 spiro atoms. The minimum atomic E-state index is -0.0559. The summed E-state index contributed by atoms with van der Waals surface area (Å²) in [6.07, 6.45) is 1.87. The zero-order valence-electron chi connectivity index (χ0n) is 13.6. The number of aromatic nitrogens is 1. The summed E-state index contributed by atoms with van der Waals surface area (Å²) in [5.74, 6) is -0.0626. The number of benzene rings is 2. The van der Waals surface area contributed by atoms with Gasteiger partial charge < -0.3 is 10.2 Å². The third kappa shape index (κ3) is 1.74. The minimum Gasteiger partial charge on any atom is -0.504 e. The molecule has 4 nitrogen and oxygen atoms in total. The van der Waals surface area contributed by atoms with Crippen LogP contribution in [-0.2, 0) is 12.8 Å². The predicted octanol–water partition coefficient (Wildman–Crippen LogP) is 3.77. The molecule has 1 aliphatic heterocycles. The molecule has 0 bridgehead atoms. The lowest BCUT2D eigenvalue weighted by atomic mass is 9.76. The highest BCUT2D eigenvalue weighted by atomic mass is 32.1. The van der Waals surface area contributed by atoms with E-state index in [0.29, 0.717) is 6.04 Å². The van der Waals surface area contributed by atoms with Crippen molar-refractivity contribution in [2.45, 2.75) is 25.8 Å². The maximum absolute atomic E-state index is 10.5. The summed E-state index contributed by atoms with van der Waals surface area (Å²) in [6, 6.07) is 5.95. The maximum Gasteiger partial charge on any atom is 0.165 e. The fraction of sp³-hybridized carbons (Fsp3) is 0.316. The topological polar surface area (TPSA) is 56.6 Å². The molecular weight excluding hydrogens is 320 g/mol. The predicted molar refractivity (Wildman–Crippen MR) is 95.9 cm³/mol. The zero-order chi connectivity index (χ0) is 16.6. The number of nitrogens with zero attached hydrogens (tertiary/aromatic N) is 2. The van der Waals surface area contributed by atoms with Crippen molar-refractivity contribution in [2.24, 2.45) is 0 Å². The van der Waals surface area contributed by atoms with Crippen LogP contribution >= 0.6 is 11.3 Å². The highest BCUT2D eigenvalue weighted by Gasteiger charge is 2.36. The van der Waals surface area contributed by atoms with Crippen molar-refractivity contribution < 1.29 is 10.2 Å². The lowest BCUT2D eigenvalue weighted by molar-refractivity contribution is 0.228. The molecule has 5 rings (SSSR count). The molecule has 1 aliphatic carbocycles. The number of hydrogen-bond donors (Lipinski definition) is 2. The van der Waals surface area contributed by atoms with E-state index in [1.807, 2.05) is 13.0 Å². The molecule has 2 N–H and O–H groups in total. The summed E-state index contributed by atoms with van der Waals surface area (Å²) in [4.78, 5) is 7.09. The highest BCUT2D eigenvalue weighted by molar-refractivity contribution is 7.18. The van der Waals surface area contributed by atoms with Gasteiger partial charge >= 0.3 is 0 Å². The van der Waals surface area contributed by atoms with Crippen LogP contribution in [0.4, 0.5) is 0 Å². The third-order valence-corrected chi connectivity index (χ3v) is 6.48. The molecule has 122 valence electrons. The molecule has 1 atom stereocenters. The zero-order valence-corrected chi connectivity index (χ0v) is 14.4. The second kappa shape index (κ2) is 4.71. The molecule has 24 heavy (non-hydrogen) atoms. The van der Waals surface area contributed by atoms with E-state index in [1.165, 1.54) is 15.8 Å². The standard InChI is InChI=1S/C19H18N2O2S/c1-9-20-13-8-12-16-10(3-4-15(22)18(16)23)7-14-17(12)11(19(13)24-9)5-6-21(14)2/h3-4,8,14,22-23H,5-7H2,1-2H3/t14-/m1/s1. The van der Waals surface area contributed by atoms with Gasteiger partial charge in [0, 0.05) is 18.2 Å². The molecule has 5 heteroatoms. The van der Waals surface area contributed by atoms with Crippen LogP contribution in [0.5, 0.6) is 11.5 Å². The second-order valence-corrected chi connectivity index (χ2v) is 8.02. The van der Waals surface area contributed by atoms with Gasteiger partial charge in [0.15, 0.2) is 11.5 Å². The number of thiazole rings is 1. The molecule has 0 radical (unpaired) electrons. The lowest BCUT2D eigenvalue weighted by Crippen LogP contribution is -2.35. The number of aryl methyl sites for hydroxylation is 1. The van der Waals surface area contributed by atoms with Crippen molar-refractivity contribution in [1.29, 1.82) is 0 Å². The molecule has 1 aromatic heterocycles. The van der Waals surface area contributed by atoms with Gasteiger partial charge in [0.25, 0.3) is 0 Å². The van der Waals surface area contributed by atoms with E-state index in [2.05, 4.69) is 23.0 Å². The van der Waals surface area contributed by atoms with Crippen molar-refractivity contribution >= 4 is 21.6 Å². The quantitative estimate of drug-likeness (QED) is 0.613. The Kier molecular flexibility index (Phi) is 2.80. The Bertz CT molecular complexity index is 1010. The highest BCUT2D eigenvalue weighted by Crippen LogP contribution is 2.52. The van der Waals surface area contributed by atoms with Crippen LogP contribution in [0.25, 0.3) is 21.3 Å². The number of rotatable bonds is 0. The SMILES string of the molecule is Cc1nc2cc3c4c(c2s1)CCN(C)[C@@H]4Cc1ccc(O)c(O)c1-3. The van der Waals surface area contributed by atoms with Crippen LogP contribution in [0.2, 0.25) is 0 Å². The number of aromatic hydroxyl groups is 2. The van der Waals surface area contributed by atoms with Gasteiger partial charge in [0.05, 0.1) is 15.2 Å². The van der Waals surface area contributed by atoms with Crippen LogP contribution in [-0.4, -0.2) is 33.7 Å². The second-order valence-electron chi connectivity index (χ2n) is 6.82. The maximum atomic E-state index is 10.5. The van der Waals surface area contributed by atoms with Gasteiger partial charge in [-0.05, 0) is 61.2 Å². The van der Waals surface area contributed by atoms with Crippen LogP contribution in [0, 0.1) is 6.92 Å². The van der Waals surface area contributed by atoms with E-state index in [-0.39, 0.29) is 11.5 Å². The van der Waals surface area contributed by atoms with Crippen molar-refractivity contribution in [3.8, 4) is 22.6 Å². The Morgan fingerprint density at radius 1 is 1.29 bits per heavy atom. The Hall–Kier alpha value is -2.11. The summed E-state index contributed by atoms with van der Waals surface area (Å²) in [5, 5.41) is 21.6. The van der Waals surface area contributed by atoms with E-state index in [4.69, 9.17) is 0 Å². The Morgan fingerprint density at radius 3 is 2.96 bits per heavy atom. The van der Waals surface area contributed by atoms with E-state index >= 15 is 0 Å². The molecular formula is C19H18N2O2S. The van der Waals surface area contributed by atoms with Crippen molar-refractivity contribution in [1.82, 2.24) is 9.88 Å². The molecule has 0 unspecified atom stereocenters. The molecule has 0 saturated heterocycles. The molecule has 0 amide bonds. The fourth-order valence-electron chi connectivity index (χ4n) is 4.32. The van der Waals surface area contributed by atoms with E-state index in [9.17, 15) is 10.2 Å². The number of hydrogen-bond acceptors (Lipinski definition) is 5. The van der Waals surface area contributed by atoms with Crippen LogP contribution in [0.3, 0.4) is 0 Å². The average Bonchev–Trinajstić information content (AvgIpc) is 2.93. The number of likely N-dealkylation sites (N-methyl/N-ethyl adjacent to an activating group) is 1. The minimum absolute atomic E-state index is 0.00678.